The number of nitrogens with one attached hydrogen (secondary N) is 2. The summed E-state index contributed by atoms with van der Waals surface area (Å²) in [6.45, 7) is 3.40. The SMILES string of the molecule is CCc1nc(CNC(=NC)NCc2ccc(OC)c(OC)c2)cs1.I. The van der Waals surface area contributed by atoms with E-state index in [0.29, 0.717) is 18.8 Å². The monoisotopic (exact) mass is 476 g/mol. The molecule has 0 unspecified atom stereocenters. The third-order valence-electron chi connectivity index (χ3n) is 3.47. The fourth-order valence-electron chi connectivity index (χ4n) is 2.16. The molecule has 0 aliphatic heterocycles. The third kappa shape index (κ3) is 6.35. The van der Waals surface area contributed by atoms with Crippen molar-refractivity contribution in [1.82, 2.24) is 15.6 Å². The van der Waals surface area contributed by atoms with Crippen molar-refractivity contribution in [3.8, 4) is 11.5 Å². The molecule has 0 saturated heterocycles. The Hall–Kier alpha value is -1.55. The number of aliphatic imine (C=N–C) groups is 1. The Morgan fingerprint density at radius 1 is 1.16 bits per heavy atom. The van der Waals surface area contributed by atoms with Crippen molar-refractivity contribution in [3.63, 3.8) is 0 Å². The van der Waals surface area contributed by atoms with Gasteiger partial charge in [-0.05, 0) is 24.1 Å². The number of hydrogen-bond acceptors (Lipinski definition) is 5. The number of aryl methyl sites for hydroxylation is 1. The van der Waals surface area contributed by atoms with Gasteiger partial charge in [-0.1, -0.05) is 13.0 Å². The molecule has 0 bridgehead atoms. The van der Waals surface area contributed by atoms with Crippen molar-refractivity contribution in [2.24, 2.45) is 4.99 Å². The van der Waals surface area contributed by atoms with Crippen LogP contribution in [0.15, 0.2) is 28.6 Å². The Morgan fingerprint density at radius 2 is 1.88 bits per heavy atom. The van der Waals surface area contributed by atoms with Gasteiger partial charge in [-0.3, -0.25) is 4.99 Å². The second-order valence-electron chi connectivity index (χ2n) is 5.05. The number of nitrogens with zero attached hydrogens (tertiary/aromatic N) is 2. The van der Waals surface area contributed by atoms with Crippen molar-refractivity contribution < 1.29 is 9.47 Å². The molecule has 0 aliphatic carbocycles. The number of methoxy groups -OCH3 is 2. The minimum absolute atomic E-state index is 0. The van der Waals surface area contributed by atoms with Gasteiger partial charge in [0.2, 0.25) is 0 Å². The summed E-state index contributed by atoms with van der Waals surface area (Å²) in [5.74, 6) is 2.17. The van der Waals surface area contributed by atoms with E-state index in [4.69, 9.17) is 9.47 Å². The number of benzene rings is 1. The summed E-state index contributed by atoms with van der Waals surface area (Å²) in [6.07, 6.45) is 0.969. The number of halogens is 1. The molecule has 25 heavy (non-hydrogen) atoms. The highest BCUT2D eigenvalue weighted by atomic mass is 127. The lowest BCUT2D eigenvalue weighted by molar-refractivity contribution is 0.354. The summed E-state index contributed by atoms with van der Waals surface area (Å²) >= 11 is 1.69. The molecule has 0 amide bonds. The van der Waals surface area contributed by atoms with Crippen LogP contribution in [0.3, 0.4) is 0 Å². The van der Waals surface area contributed by atoms with E-state index in [1.807, 2.05) is 18.2 Å². The van der Waals surface area contributed by atoms with Crippen LogP contribution >= 0.6 is 35.3 Å². The van der Waals surface area contributed by atoms with Gasteiger partial charge < -0.3 is 20.1 Å². The van der Waals surface area contributed by atoms with Gasteiger partial charge in [-0.2, -0.15) is 0 Å². The van der Waals surface area contributed by atoms with Crippen LogP contribution in [-0.2, 0) is 19.5 Å². The lowest BCUT2D eigenvalue weighted by atomic mass is 10.2. The highest BCUT2D eigenvalue weighted by Gasteiger charge is 2.06. The molecule has 2 N–H and O–H groups in total. The number of rotatable bonds is 7. The molecule has 1 aromatic carbocycles. The first-order valence-electron chi connectivity index (χ1n) is 7.78. The summed E-state index contributed by atoms with van der Waals surface area (Å²) in [7, 11) is 5.01. The van der Waals surface area contributed by atoms with Gasteiger partial charge in [-0.15, -0.1) is 35.3 Å². The summed E-state index contributed by atoms with van der Waals surface area (Å²) in [4.78, 5) is 8.77. The maximum absolute atomic E-state index is 5.32. The number of hydrogen-bond donors (Lipinski definition) is 2. The summed E-state index contributed by atoms with van der Waals surface area (Å²) in [5, 5.41) is 9.79. The molecule has 0 atom stereocenters. The van der Waals surface area contributed by atoms with E-state index in [1.54, 1.807) is 32.6 Å². The molecule has 0 radical (unpaired) electrons. The van der Waals surface area contributed by atoms with Gasteiger partial charge in [0.15, 0.2) is 17.5 Å². The van der Waals surface area contributed by atoms with Crippen molar-refractivity contribution in [2.75, 3.05) is 21.3 Å². The van der Waals surface area contributed by atoms with Gasteiger partial charge in [0.25, 0.3) is 0 Å². The highest BCUT2D eigenvalue weighted by Crippen LogP contribution is 2.27. The van der Waals surface area contributed by atoms with Crippen LogP contribution < -0.4 is 20.1 Å². The molecule has 1 aromatic heterocycles. The zero-order chi connectivity index (χ0) is 17.4. The maximum atomic E-state index is 5.32. The average Bonchev–Trinajstić information content (AvgIpc) is 3.09. The first-order valence-corrected chi connectivity index (χ1v) is 8.66. The summed E-state index contributed by atoms with van der Waals surface area (Å²) in [5.41, 5.74) is 2.11. The standard InChI is InChI=1S/C17H24N4O2S.HI/c1-5-16-21-13(11-24-16)10-20-17(18-2)19-9-12-6-7-14(22-3)15(8-12)23-4;/h6-8,11H,5,9-10H2,1-4H3,(H2,18,19,20);1H. The van der Waals surface area contributed by atoms with Crippen LogP contribution in [-0.4, -0.2) is 32.2 Å². The second-order valence-corrected chi connectivity index (χ2v) is 6.00. The van der Waals surface area contributed by atoms with Crippen LogP contribution in [0.25, 0.3) is 0 Å². The first-order chi connectivity index (χ1) is 11.7. The molecule has 8 heteroatoms. The Balaban J connectivity index is 0.00000312. The average molecular weight is 476 g/mol. The predicted molar refractivity (Wildman–Crippen MR) is 113 cm³/mol. The lowest BCUT2D eigenvalue weighted by Gasteiger charge is -2.13. The number of guanidine groups is 1. The molecule has 138 valence electrons. The number of thiazole rings is 1. The van der Waals surface area contributed by atoms with Crippen molar-refractivity contribution in [1.29, 1.82) is 0 Å². The quantitative estimate of drug-likeness (QED) is 0.365. The predicted octanol–water partition coefficient (Wildman–Crippen LogP) is 3.21. The highest BCUT2D eigenvalue weighted by molar-refractivity contribution is 14.0. The molecule has 2 rings (SSSR count). The van der Waals surface area contributed by atoms with E-state index < -0.39 is 0 Å². The second kappa shape index (κ2) is 11.1. The van der Waals surface area contributed by atoms with E-state index in [1.165, 1.54) is 0 Å². The van der Waals surface area contributed by atoms with E-state index in [9.17, 15) is 0 Å². The summed E-state index contributed by atoms with van der Waals surface area (Å²) < 4.78 is 10.6. The number of ether oxygens (including phenoxy) is 2. The van der Waals surface area contributed by atoms with Gasteiger partial charge >= 0.3 is 0 Å². The Labute approximate surface area is 170 Å². The zero-order valence-electron chi connectivity index (χ0n) is 15.0. The Morgan fingerprint density at radius 3 is 2.48 bits per heavy atom. The largest absolute Gasteiger partial charge is 0.493 e. The molecule has 0 fully saturated rings. The van der Waals surface area contributed by atoms with Gasteiger partial charge in [0, 0.05) is 19.0 Å². The molecule has 0 saturated carbocycles. The molecule has 0 spiro atoms. The molecule has 1 heterocycles. The molecule has 2 aromatic rings. The topological polar surface area (TPSA) is 67.8 Å². The van der Waals surface area contributed by atoms with Crippen LogP contribution in [0.2, 0.25) is 0 Å². The normalized spacial score (nSPS) is 10.8. The van der Waals surface area contributed by atoms with Crippen LogP contribution in [0.5, 0.6) is 11.5 Å². The molecular weight excluding hydrogens is 451 g/mol. The van der Waals surface area contributed by atoms with E-state index >= 15 is 0 Å². The first kappa shape index (κ1) is 21.5. The fraction of sp³-hybridized carbons (Fsp3) is 0.412. The van der Waals surface area contributed by atoms with Crippen molar-refractivity contribution in [3.05, 3.63) is 39.8 Å². The molecule has 0 aliphatic rings. The van der Waals surface area contributed by atoms with Crippen LogP contribution in [0.4, 0.5) is 0 Å². The fourth-order valence-corrected chi connectivity index (χ4v) is 2.91. The van der Waals surface area contributed by atoms with Gasteiger partial charge in [0.05, 0.1) is 31.5 Å². The van der Waals surface area contributed by atoms with E-state index in [0.717, 1.165) is 34.4 Å². The zero-order valence-corrected chi connectivity index (χ0v) is 18.1. The Bertz CT molecular complexity index is 691. The number of aromatic nitrogens is 1. The maximum Gasteiger partial charge on any atom is 0.191 e. The van der Waals surface area contributed by atoms with Crippen LogP contribution in [0.1, 0.15) is 23.2 Å². The van der Waals surface area contributed by atoms with Gasteiger partial charge in [-0.25, -0.2) is 4.98 Å². The van der Waals surface area contributed by atoms with Crippen LogP contribution in [0, 0.1) is 0 Å². The van der Waals surface area contributed by atoms with Crippen molar-refractivity contribution in [2.45, 2.75) is 26.4 Å². The molecule has 6 nitrogen and oxygen atoms in total. The minimum atomic E-state index is 0. The lowest BCUT2D eigenvalue weighted by Crippen LogP contribution is -2.36. The smallest absolute Gasteiger partial charge is 0.191 e. The minimum Gasteiger partial charge on any atom is -0.493 e. The summed E-state index contributed by atoms with van der Waals surface area (Å²) in [6, 6.07) is 5.84. The van der Waals surface area contributed by atoms with E-state index in [2.05, 4.69) is 32.9 Å². The Kier molecular flexibility index (Phi) is 9.58. The van der Waals surface area contributed by atoms with E-state index in [-0.39, 0.29) is 24.0 Å². The molecular formula is C17H25IN4O2S. The van der Waals surface area contributed by atoms with Gasteiger partial charge in [0.1, 0.15) is 0 Å². The third-order valence-corrected chi connectivity index (χ3v) is 4.51. The van der Waals surface area contributed by atoms with Crippen molar-refractivity contribution >= 4 is 41.3 Å².